The minimum absolute atomic E-state index is 0.0268. The van der Waals surface area contributed by atoms with Crippen LogP contribution in [0.1, 0.15) is 31.4 Å². The van der Waals surface area contributed by atoms with Gasteiger partial charge in [0, 0.05) is 16.6 Å². The lowest BCUT2D eigenvalue weighted by molar-refractivity contribution is 0.356. The normalized spacial score (nSPS) is 13.0. The predicted molar refractivity (Wildman–Crippen MR) is 75.6 cm³/mol. The topological polar surface area (TPSA) is 15.3 Å². The van der Waals surface area contributed by atoms with Crippen LogP contribution in [0, 0.1) is 5.82 Å². The van der Waals surface area contributed by atoms with E-state index in [1.54, 1.807) is 12.1 Å². The fourth-order valence-corrected chi connectivity index (χ4v) is 2.19. The molecular weight excluding hydrogens is 251 g/mol. The summed E-state index contributed by atoms with van der Waals surface area (Å²) < 4.78 is 13.9. The van der Waals surface area contributed by atoms with Crippen molar-refractivity contribution < 1.29 is 4.39 Å². The number of hydrogen-bond acceptors (Lipinski definition) is 2. The Morgan fingerprint density at radius 1 is 1.39 bits per heavy atom. The summed E-state index contributed by atoms with van der Waals surface area (Å²) in [6.45, 7) is 3.85. The molecule has 2 nitrogen and oxygen atoms in total. The Balaban J connectivity index is 2.86. The maximum Gasteiger partial charge on any atom is 0.129 e. The van der Waals surface area contributed by atoms with Crippen molar-refractivity contribution in [2.24, 2.45) is 0 Å². The highest BCUT2D eigenvalue weighted by atomic mass is 35.5. The molecule has 0 saturated heterocycles. The van der Waals surface area contributed by atoms with E-state index < -0.39 is 0 Å². The summed E-state index contributed by atoms with van der Waals surface area (Å²) in [5, 5.41) is 3.87. The first-order chi connectivity index (χ1) is 8.56. The minimum Gasteiger partial charge on any atom is -0.310 e. The Labute approximate surface area is 114 Å². The van der Waals surface area contributed by atoms with Gasteiger partial charge in [-0.25, -0.2) is 4.39 Å². The van der Waals surface area contributed by atoms with Crippen LogP contribution in [0.2, 0.25) is 5.02 Å². The van der Waals surface area contributed by atoms with Gasteiger partial charge < -0.3 is 10.2 Å². The molecule has 18 heavy (non-hydrogen) atoms. The third-order valence-corrected chi connectivity index (χ3v) is 3.18. The number of halogens is 2. The SMILES string of the molecule is CCCNC(CCN(C)C)c1c(F)cccc1Cl. The van der Waals surface area contributed by atoms with Crippen LogP contribution in [0.15, 0.2) is 18.2 Å². The molecule has 0 fully saturated rings. The number of hydrogen-bond donors (Lipinski definition) is 1. The molecule has 0 amide bonds. The first kappa shape index (κ1) is 15.4. The quantitative estimate of drug-likeness (QED) is 0.818. The predicted octanol–water partition coefficient (Wildman–Crippen LogP) is 3.47. The van der Waals surface area contributed by atoms with Gasteiger partial charge in [0.2, 0.25) is 0 Å². The molecule has 0 radical (unpaired) electrons. The van der Waals surface area contributed by atoms with Gasteiger partial charge in [-0.2, -0.15) is 0 Å². The molecule has 1 N–H and O–H groups in total. The Bertz CT molecular complexity index is 349. The summed E-state index contributed by atoms with van der Waals surface area (Å²) in [4.78, 5) is 2.09. The molecule has 0 aliphatic carbocycles. The Kier molecular flexibility index (Phi) is 6.61. The van der Waals surface area contributed by atoms with E-state index in [1.165, 1.54) is 6.07 Å². The van der Waals surface area contributed by atoms with Gasteiger partial charge in [0.25, 0.3) is 0 Å². The van der Waals surface area contributed by atoms with Crippen LogP contribution in [0.25, 0.3) is 0 Å². The van der Waals surface area contributed by atoms with Crippen LogP contribution in [-0.2, 0) is 0 Å². The third-order valence-electron chi connectivity index (χ3n) is 2.85. The first-order valence-corrected chi connectivity index (χ1v) is 6.76. The summed E-state index contributed by atoms with van der Waals surface area (Å²) in [5.41, 5.74) is 0.592. The van der Waals surface area contributed by atoms with Crippen molar-refractivity contribution in [3.05, 3.63) is 34.6 Å². The Morgan fingerprint density at radius 3 is 2.67 bits per heavy atom. The van der Waals surface area contributed by atoms with Crippen LogP contribution in [0.3, 0.4) is 0 Å². The zero-order chi connectivity index (χ0) is 13.5. The van der Waals surface area contributed by atoms with E-state index in [0.717, 1.165) is 25.9 Å². The van der Waals surface area contributed by atoms with E-state index in [9.17, 15) is 4.39 Å². The summed E-state index contributed by atoms with van der Waals surface area (Å²) in [7, 11) is 4.03. The molecule has 0 spiro atoms. The third kappa shape index (κ3) is 4.56. The second-order valence-electron chi connectivity index (χ2n) is 4.73. The lowest BCUT2D eigenvalue weighted by Crippen LogP contribution is -2.27. The van der Waals surface area contributed by atoms with Crippen molar-refractivity contribution >= 4 is 11.6 Å². The van der Waals surface area contributed by atoms with Crippen molar-refractivity contribution in [1.82, 2.24) is 10.2 Å². The fourth-order valence-electron chi connectivity index (χ4n) is 1.90. The largest absolute Gasteiger partial charge is 0.310 e. The molecule has 0 saturated carbocycles. The second-order valence-corrected chi connectivity index (χ2v) is 5.14. The highest BCUT2D eigenvalue weighted by Crippen LogP contribution is 2.28. The zero-order valence-electron chi connectivity index (χ0n) is 11.3. The van der Waals surface area contributed by atoms with Gasteiger partial charge in [0.1, 0.15) is 5.82 Å². The van der Waals surface area contributed by atoms with E-state index in [4.69, 9.17) is 11.6 Å². The molecule has 1 atom stereocenters. The van der Waals surface area contributed by atoms with E-state index in [-0.39, 0.29) is 11.9 Å². The van der Waals surface area contributed by atoms with Crippen LogP contribution in [0.4, 0.5) is 4.39 Å². The molecule has 0 heterocycles. The van der Waals surface area contributed by atoms with E-state index in [1.807, 2.05) is 14.1 Å². The molecule has 102 valence electrons. The van der Waals surface area contributed by atoms with Crippen LogP contribution in [0.5, 0.6) is 0 Å². The molecule has 0 aromatic heterocycles. The van der Waals surface area contributed by atoms with Crippen LogP contribution < -0.4 is 5.32 Å². The fraction of sp³-hybridized carbons (Fsp3) is 0.571. The van der Waals surface area contributed by atoms with Gasteiger partial charge >= 0.3 is 0 Å². The molecule has 1 aromatic rings. The molecule has 4 heteroatoms. The number of rotatable bonds is 7. The molecule has 1 rings (SSSR count). The summed E-state index contributed by atoms with van der Waals surface area (Å²) in [6, 6.07) is 4.83. The van der Waals surface area contributed by atoms with Crippen molar-refractivity contribution in [2.45, 2.75) is 25.8 Å². The van der Waals surface area contributed by atoms with Crippen molar-refractivity contribution in [3.8, 4) is 0 Å². The average Bonchev–Trinajstić information content (AvgIpc) is 2.31. The molecule has 1 aromatic carbocycles. The standard InChI is InChI=1S/C14H22ClFN2/c1-4-9-17-13(8-10-18(2)3)14-11(15)6-5-7-12(14)16/h5-7,13,17H,4,8-10H2,1-3H3. The number of nitrogens with zero attached hydrogens (tertiary/aromatic N) is 1. The molecule has 0 aliphatic rings. The van der Waals surface area contributed by atoms with Gasteiger partial charge in [0.15, 0.2) is 0 Å². The molecule has 0 bridgehead atoms. The smallest absolute Gasteiger partial charge is 0.129 e. The summed E-state index contributed by atoms with van der Waals surface area (Å²) in [5.74, 6) is -0.227. The molecule has 1 unspecified atom stereocenters. The highest BCUT2D eigenvalue weighted by molar-refractivity contribution is 6.31. The van der Waals surface area contributed by atoms with Gasteiger partial charge in [-0.1, -0.05) is 24.6 Å². The van der Waals surface area contributed by atoms with E-state index >= 15 is 0 Å². The van der Waals surface area contributed by atoms with Crippen molar-refractivity contribution in [3.63, 3.8) is 0 Å². The lowest BCUT2D eigenvalue weighted by Gasteiger charge is -2.22. The van der Waals surface area contributed by atoms with Gasteiger partial charge in [-0.15, -0.1) is 0 Å². The first-order valence-electron chi connectivity index (χ1n) is 6.38. The van der Waals surface area contributed by atoms with Gasteiger partial charge in [-0.05, 0) is 52.2 Å². The summed E-state index contributed by atoms with van der Waals surface area (Å²) in [6.07, 6.45) is 1.86. The monoisotopic (exact) mass is 272 g/mol. The lowest BCUT2D eigenvalue weighted by atomic mass is 10.0. The van der Waals surface area contributed by atoms with E-state index in [0.29, 0.717) is 10.6 Å². The average molecular weight is 273 g/mol. The number of nitrogens with one attached hydrogen (secondary N) is 1. The van der Waals surface area contributed by atoms with Crippen molar-refractivity contribution in [1.29, 1.82) is 0 Å². The maximum atomic E-state index is 13.9. The molecule has 0 aliphatic heterocycles. The second kappa shape index (κ2) is 7.72. The van der Waals surface area contributed by atoms with Crippen molar-refractivity contribution in [2.75, 3.05) is 27.2 Å². The zero-order valence-corrected chi connectivity index (χ0v) is 12.1. The van der Waals surface area contributed by atoms with Crippen LogP contribution in [-0.4, -0.2) is 32.1 Å². The van der Waals surface area contributed by atoms with Gasteiger partial charge in [-0.3, -0.25) is 0 Å². The summed E-state index contributed by atoms with van der Waals surface area (Å²) >= 11 is 6.12. The minimum atomic E-state index is -0.227. The Hall–Kier alpha value is -0.640. The Morgan fingerprint density at radius 2 is 2.11 bits per heavy atom. The maximum absolute atomic E-state index is 13.9. The van der Waals surface area contributed by atoms with Crippen LogP contribution >= 0.6 is 11.6 Å². The van der Waals surface area contributed by atoms with E-state index in [2.05, 4.69) is 17.1 Å². The van der Waals surface area contributed by atoms with Gasteiger partial charge in [0.05, 0.1) is 0 Å². The number of benzene rings is 1. The molecular formula is C14H22ClFN2. The highest BCUT2D eigenvalue weighted by Gasteiger charge is 2.18.